The van der Waals surface area contributed by atoms with E-state index in [0.717, 1.165) is 17.9 Å². The first-order valence-electron chi connectivity index (χ1n) is 6.57. The second-order valence-corrected chi connectivity index (χ2v) is 5.53. The molecule has 0 aromatic carbocycles. The number of nitrogens with zero attached hydrogens (tertiary/aromatic N) is 1. The highest BCUT2D eigenvalue weighted by Crippen LogP contribution is 2.16. The van der Waals surface area contributed by atoms with Crippen LogP contribution in [0.15, 0.2) is 0 Å². The van der Waals surface area contributed by atoms with E-state index in [0.29, 0.717) is 0 Å². The highest BCUT2D eigenvalue weighted by atomic mass is 15.2. The molecule has 1 heterocycles. The number of likely N-dealkylation sites (N-methyl/N-ethyl adjacent to an activating group) is 1. The topological polar surface area (TPSA) is 15.3 Å². The number of hydrogen-bond donors (Lipinski definition) is 1. The molecule has 0 aromatic heterocycles. The zero-order valence-corrected chi connectivity index (χ0v) is 10.9. The van der Waals surface area contributed by atoms with Crippen LogP contribution in [-0.2, 0) is 0 Å². The largest absolute Gasteiger partial charge is 0.313 e. The molecule has 2 unspecified atom stereocenters. The lowest BCUT2D eigenvalue weighted by Gasteiger charge is -2.36. The van der Waals surface area contributed by atoms with Crippen LogP contribution in [0.5, 0.6) is 0 Å². The summed E-state index contributed by atoms with van der Waals surface area (Å²) in [4.78, 5) is 2.57. The van der Waals surface area contributed by atoms with Crippen LogP contribution in [0.3, 0.4) is 0 Å². The molecule has 0 aliphatic carbocycles. The van der Waals surface area contributed by atoms with Crippen LogP contribution < -0.4 is 5.32 Å². The monoisotopic (exact) mass is 212 g/mol. The standard InChI is InChI=1S/C13H28N2/c1-5-15-9-12(4)8-13(10-15)14-7-6-11(2)3/h11-14H,5-10H2,1-4H3. The van der Waals surface area contributed by atoms with E-state index in [-0.39, 0.29) is 0 Å². The van der Waals surface area contributed by atoms with E-state index >= 15 is 0 Å². The van der Waals surface area contributed by atoms with Crippen molar-refractivity contribution in [2.75, 3.05) is 26.2 Å². The summed E-state index contributed by atoms with van der Waals surface area (Å²) in [5.74, 6) is 1.68. The van der Waals surface area contributed by atoms with Gasteiger partial charge in [0.25, 0.3) is 0 Å². The lowest BCUT2D eigenvalue weighted by molar-refractivity contribution is 0.155. The van der Waals surface area contributed by atoms with Crippen LogP contribution in [0, 0.1) is 11.8 Å². The Labute approximate surface area is 95.4 Å². The SMILES string of the molecule is CCN1CC(C)CC(NCCC(C)C)C1. The molecule has 2 heteroatoms. The molecule has 1 N–H and O–H groups in total. The Bertz CT molecular complexity index is 168. The Hall–Kier alpha value is -0.0800. The van der Waals surface area contributed by atoms with Crippen LogP contribution in [0.25, 0.3) is 0 Å². The predicted molar refractivity (Wildman–Crippen MR) is 67.1 cm³/mol. The summed E-state index contributed by atoms with van der Waals surface area (Å²) in [5.41, 5.74) is 0. The molecular weight excluding hydrogens is 184 g/mol. The maximum Gasteiger partial charge on any atom is 0.0198 e. The predicted octanol–water partition coefficient (Wildman–Crippen LogP) is 2.35. The smallest absolute Gasteiger partial charge is 0.0198 e. The lowest BCUT2D eigenvalue weighted by Crippen LogP contribution is -2.48. The third-order valence-corrected chi connectivity index (χ3v) is 3.34. The van der Waals surface area contributed by atoms with Crippen molar-refractivity contribution in [2.45, 2.75) is 46.6 Å². The van der Waals surface area contributed by atoms with Gasteiger partial charge in [-0.2, -0.15) is 0 Å². The molecule has 1 rings (SSSR count). The van der Waals surface area contributed by atoms with Crippen LogP contribution in [0.2, 0.25) is 0 Å². The van der Waals surface area contributed by atoms with Crippen molar-refractivity contribution in [3.8, 4) is 0 Å². The summed E-state index contributed by atoms with van der Waals surface area (Å²) >= 11 is 0. The average Bonchev–Trinajstić information content (AvgIpc) is 2.16. The van der Waals surface area contributed by atoms with Gasteiger partial charge in [-0.05, 0) is 37.8 Å². The first kappa shape index (κ1) is 13.0. The zero-order valence-electron chi connectivity index (χ0n) is 10.9. The normalized spacial score (nSPS) is 28.6. The average molecular weight is 212 g/mol. The molecule has 15 heavy (non-hydrogen) atoms. The maximum absolute atomic E-state index is 3.71. The van der Waals surface area contributed by atoms with Crippen LogP contribution in [-0.4, -0.2) is 37.1 Å². The molecule has 0 radical (unpaired) electrons. The Balaban J connectivity index is 2.22. The molecule has 0 aromatic rings. The summed E-state index contributed by atoms with van der Waals surface area (Å²) in [5, 5.41) is 3.71. The van der Waals surface area contributed by atoms with Gasteiger partial charge in [-0.3, -0.25) is 0 Å². The Kier molecular flexibility index (Phi) is 5.62. The summed E-state index contributed by atoms with van der Waals surface area (Å²) in [7, 11) is 0. The molecule has 90 valence electrons. The van der Waals surface area contributed by atoms with E-state index < -0.39 is 0 Å². The molecule has 1 fully saturated rings. The molecular formula is C13H28N2. The van der Waals surface area contributed by atoms with Crippen molar-refractivity contribution in [2.24, 2.45) is 11.8 Å². The summed E-state index contributed by atoms with van der Waals surface area (Å²) < 4.78 is 0. The Morgan fingerprint density at radius 2 is 2.07 bits per heavy atom. The van der Waals surface area contributed by atoms with Gasteiger partial charge in [0.15, 0.2) is 0 Å². The van der Waals surface area contributed by atoms with Crippen LogP contribution in [0.1, 0.15) is 40.5 Å². The number of likely N-dealkylation sites (tertiary alicyclic amines) is 1. The van der Waals surface area contributed by atoms with Gasteiger partial charge in [-0.1, -0.05) is 27.7 Å². The van der Waals surface area contributed by atoms with E-state index in [2.05, 4.69) is 37.9 Å². The number of piperidine rings is 1. The van der Waals surface area contributed by atoms with E-state index in [9.17, 15) is 0 Å². The van der Waals surface area contributed by atoms with Crippen molar-refractivity contribution < 1.29 is 0 Å². The van der Waals surface area contributed by atoms with Gasteiger partial charge in [-0.15, -0.1) is 0 Å². The van der Waals surface area contributed by atoms with Crippen LogP contribution >= 0.6 is 0 Å². The molecule has 0 saturated carbocycles. The van der Waals surface area contributed by atoms with Crippen molar-refractivity contribution >= 4 is 0 Å². The first-order chi connectivity index (χ1) is 7.11. The second-order valence-electron chi connectivity index (χ2n) is 5.53. The van der Waals surface area contributed by atoms with Gasteiger partial charge in [0.2, 0.25) is 0 Å². The third kappa shape index (κ3) is 4.98. The van der Waals surface area contributed by atoms with Gasteiger partial charge in [0.1, 0.15) is 0 Å². The van der Waals surface area contributed by atoms with E-state index in [4.69, 9.17) is 0 Å². The number of nitrogens with one attached hydrogen (secondary N) is 1. The highest BCUT2D eigenvalue weighted by Gasteiger charge is 2.22. The van der Waals surface area contributed by atoms with Crippen molar-refractivity contribution in [3.05, 3.63) is 0 Å². The van der Waals surface area contributed by atoms with E-state index in [1.54, 1.807) is 0 Å². The van der Waals surface area contributed by atoms with Crippen LogP contribution in [0.4, 0.5) is 0 Å². The third-order valence-electron chi connectivity index (χ3n) is 3.34. The Morgan fingerprint density at radius 1 is 1.33 bits per heavy atom. The number of hydrogen-bond acceptors (Lipinski definition) is 2. The Morgan fingerprint density at radius 3 is 2.67 bits per heavy atom. The molecule has 2 nitrogen and oxygen atoms in total. The molecule has 1 aliphatic rings. The quantitative estimate of drug-likeness (QED) is 0.752. The molecule has 2 atom stereocenters. The van der Waals surface area contributed by atoms with Crippen molar-refractivity contribution in [1.29, 1.82) is 0 Å². The van der Waals surface area contributed by atoms with Gasteiger partial charge in [-0.25, -0.2) is 0 Å². The maximum atomic E-state index is 3.71. The fourth-order valence-electron chi connectivity index (χ4n) is 2.44. The zero-order chi connectivity index (χ0) is 11.3. The molecule has 0 spiro atoms. The van der Waals surface area contributed by atoms with E-state index in [1.807, 2.05) is 0 Å². The minimum Gasteiger partial charge on any atom is -0.313 e. The minimum atomic E-state index is 0.729. The minimum absolute atomic E-state index is 0.729. The molecule has 1 saturated heterocycles. The first-order valence-corrected chi connectivity index (χ1v) is 6.57. The highest BCUT2D eigenvalue weighted by molar-refractivity contribution is 4.81. The molecule has 0 bridgehead atoms. The van der Waals surface area contributed by atoms with Gasteiger partial charge in [0.05, 0.1) is 0 Å². The molecule has 1 aliphatic heterocycles. The van der Waals surface area contributed by atoms with Crippen molar-refractivity contribution in [1.82, 2.24) is 10.2 Å². The fourth-order valence-corrected chi connectivity index (χ4v) is 2.44. The van der Waals surface area contributed by atoms with Gasteiger partial charge < -0.3 is 10.2 Å². The van der Waals surface area contributed by atoms with E-state index in [1.165, 1.54) is 39.0 Å². The summed E-state index contributed by atoms with van der Waals surface area (Å²) in [6, 6.07) is 0.729. The summed E-state index contributed by atoms with van der Waals surface area (Å²) in [6.07, 6.45) is 2.66. The fraction of sp³-hybridized carbons (Fsp3) is 1.00. The lowest BCUT2D eigenvalue weighted by atomic mass is 9.96. The van der Waals surface area contributed by atoms with Crippen molar-refractivity contribution in [3.63, 3.8) is 0 Å². The summed E-state index contributed by atoms with van der Waals surface area (Å²) in [6.45, 7) is 14.2. The number of rotatable bonds is 5. The van der Waals surface area contributed by atoms with Gasteiger partial charge >= 0.3 is 0 Å². The van der Waals surface area contributed by atoms with Gasteiger partial charge in [0, 0.05) is 19.1 Å². The molecule has 0 amide bonds. The second kappa shape index (κ2) is 6.49.